The lowest BCUT2D eigenvalue weighted by Crippen LogP contribution is -2.19. The van der Waals surface area contributed by atoms with Crippen molar-refractivity contribution >= 4 is 5.91 Å². The van der Waals surface area contributed by atoms with Crippen LogP contribution in [0.5, 0.6) is 0 Å². The second-order valence-electron chi connectivity index (χ2n) is 2.74. The lowest BCUT2D eigenvalue weighted by Gasteiger charge is -1.96. The second kappa shape index (κ2) is 8.40. The highest BCUT2D eigenvalue weighted by atomic mass is 16.5. The third kappa shape index (κ3) is 5.74. The van der Waals surface area contributed by atoms with Gasteiger partial charge in [0.1, 0.15) is 5.69 Å². The van der Waals surface area contributed by atoms with Crippen LogP contribution in [0.3, 0.4) is 0 Å². The van der Waals surface area contributed by atoms with Gasteiger partial charge in [-0.2, -0.15) is 0 Å². The maximum absolute atomic E-state index is 10.9. The molecule has 0 bridgehead atoms. The maximum Gasteiger partial charge on any atom is 0.271 e. The molecule has 0 aromatic carbocycles. The molecule has 0 fully saturated rings. The third-order valence-electron chi connectivity index (χ3n) is 1.53. The van der Waals surface area contributed by atoms with Crippen LogP contribution in [0.2, 0.25) is 0 Å². The van der Waals surface area contributed by atoms with Gasteiger partial charge in [0.2, 0.25) is 0 Å². The second-order valence-corrected chi connectivity index (χ2v) is 2.74. The number of rotatable bonds is 3. The van der Waals surface area contributed by atoms with Crippen molar-refractivity contribution in [3.8, 4) is 0 Å². The first-order valence-electron chi connectivity index (χ1n) is 4.88. The van der Waals surface area contributed by atoms with Crippen molar-refractivity contribution in [2.45, 2.75) is 13.8 Å². The number of amides is 1. The molecule has 0 unspecified atom stereocenters. The van der Waals surface area contributed by atoms with Gasteiger partial charge in [0, 0.05) is 13.2 Å². The van der Waals surface area contributed by atoms with Gasteiger partial charge in [-0.25, -0.2) is 4.98 Å². The van der Waals surface area contributed by atoms with E-state index in [9.17, 15) is 4.79 Å². The number of carbonyl (C=O) groups excluding carboxylic acids is 1. The van der Waals surface area contributed by atoms with Crippen LogP contribution in [0.4, 0.5) is 0 Å². The van der Waals surface area contributed by atoms with E-state index in [1.54, 1.807) is 13.2 Å². The molecule has 1 heterocycles. The topological polar surface area (TPSA) is 64.1 Å². The Labute approximate surface area is 95.6 Å². The molecule has 0 aliphatic heterocycles. The Kier molecular flexibility index (Phi) is 7.40. The first-order chi connectivity index (χ1) is 7.65. The monoisotopic (exact) mass is 223 g/mol. The molecule has 5 nitrogen and oxygen atoms in total. The van der Waals surface area contributed by atoms with Crippen LogP contribution >= 0.6 is 0 Å². The van der Waals surface area contributed by atoms with Crippen LogP contribution < -0.4 is 5.32 Å². The molecular formula is C11H17N3O2. The molecule has 0 saturated heterocycles. The summed E-state index contributed by atoms with van der Waals surface area (Å²) in [7, 11) is 1.56. The van der Waals surface area contributed by atoms with E-state index in [1.165, 1.54) is 12.5 Å². The number of hydrogen-bond acceptors (Lipinski definition) is 4. The molecule has 0 saturated carbocycles. The van der Waals surface area contributed by atoms with Crippen LogP contribution in [0.25, 0.3) is 0 Å². The van der Waals surface area contributed by atoms with Gasteiger partial charge >= 0.3 is 0 Å². The molecule has 1 aromatic heterocycles. The van der Waals surface area contributed by atoms with E-state index >= 15 is 0 Å². The van der Waals surface area contributed by atoms with Gasteiger partial charge in [-0.15, -0.1) is 0 Å². The van der Waals surface area contributed by atoms with Crippen LogP contribution in [0.1, 0.15) is 23.1 Å². The number of ether oxygens (including phenoxy) is 1. The molecule has 5 heteroatoms. The van der Waals surface area contributed by atoms with Gasteiger partial charge in [-0.1, -0.05) is 6.58 Å². The molecule has 1 aromatic rings. The van der Waals surface area contributed by atoms with Crippen molar-refractivity contribution < 1.29 is 9.53 Å². The first-order valence-corrected chi connectivity index (χ1v) is 4.88. The predicted molar refractivity (Wildman–Crippen MR) is 62.0 cm³/mol. The Morgan fingerprint density at radius 1 is 1.56 bits per heavy atom. The molecule has 16 heavy (non-hydrogen) atoms. The summed E-state index contributed by atoms with van der Waals surface area (Å²) in [4.78, 5) is 18.7. The van der Waals surface area contributed by atoms with Crippen molar-refractivity contribution in [1.82, 2.24) is 15.3 Å². The minimum absolute atomic E-state index is 0.211. The van der Waals surface area contributed by atoms with E-state index in [-0.39, 0.29) is 5.91 Å². The highest BCUT2D eigenvalue weighted by Crippen LogP contribution is 1.92. The Morgan fingerprint density at radius 3 is 2.56 bits per heavy atom. The molecule has 0 atom stereocenters. The minimum atomic E-state index is -0.211. The fraction of sp³-hybridized carbons (Fsp3) is 0.364. The van der Waals surface area contributed by atoms with Crippen molar-refractivity contribution in [3.63, 3.8) is 0 Å². The Morgan fingerprint density at radius 2 is 2.25 bits per heavy atom. The normalized spacial score (nSPS) is 8.44. The lowest BCUT2D eigenvalue weighted by molar-refractivity contribution is 0.0957. The number of hydrogen-bond donors (Lipinski definition) is 1. The van der Waals surface area contributed by atoms with Gasteiger partial charge < -0.3 is 10.1 Å². The van der Waals surface area contributed by atoms with Crippen LogP contribution in [-0.4, -0.2) is 29.5 Å². The number of carbonyl (C=O) groups is 1. The summed E-state index contributed by atoms with van der Waals surface area (Å²) in [6.45, 7) is 7.79. The summed E-state index contributed by atoms with van der Waals surface area (Å²) in [6.07, 6.45) is 4.44. The van der Waals surface area contributed by atoms with E-state index in [2.05, 4.69) is 26.6 Å². The summed E-state index contributed by atoms with van der Waals surface area (Å²) < 4.78 is 4.60. The van der Waals surface area contributed by atoms with Crippen molar-refractivity contribution in [2.75, 3.05) is 13.7 Å². The van der Waals surface area contributed by atoms with Crippen molar-refractivity contribution in [1.29, 1.82) is 0 Å². The number of aromatic nitrogens is 2. The summed E-state index contributed by atoms with van der Waals surface area (Å²) in [5, 5.41) is 2.46. The summed E-state index contributed by atoms with van der Waals surface area (Å²) in [5.74, 6) is -0.211. The van der Waals surface area contributed by atoms with Gasteiger partial charge in [0.05, 0.1) is 24.8 Å². The zero-order chi connectivity index (χ0) is 12.4. The van der Waals surface area contributed by atoms with Crippen LogP contribution in [0.15, 0.2) is 25.2 Å². The SMILES string of the molecule is C=COCC.CNC(=O)c1cnc(C)cn1. The average Bonchev–Trinajstić information content (AvgIpc) is 2.31. The quantitative estimate of drug-likeness (QED) is 0.785. The fourth-order valence-electron chi connectivity index (χ4n) is 0.756. The molecular weight excluding hydrogens is 206 g/mol. The number of nitrogens with zero attached hydrogens (tertiary/aromatic N) is 2. The molecule has 88 valence electrons. The molecule has 1 N–H and O–H groups in total. The lowest BCUT2D eigenvalue weighted by atomic mass is 10.4. The van der Waals surface area contributed by atoms with Crippen molar-refractivity contribution in [2.24, 2.45) is 0 Å². The largest absolute Gasteiger partial charge is 0.502 e. The van der Waals surface area contributed by atoms with E-state index < -0.39 is 0 Å². The highest BCUT2D eigenvalue weighted by Gasteiger charge is 2.02. The van der Waals surface area contributed by atoms with Crippen LogP contribution in [-0.2, 0) is 4.74 Å². The van der Waals surface area contributed by atoms with E-state index in [4.69, 9.17) is 0 Å². The van der Waals surface area contributed by atoms with E-state index in [1.807, 2.05) is 13.8 Å². The molecule has 0 aliphatic carbocycles. The molecule has 0 radical (unpaired) electrons. The standard InChI is InChI=1S/C7H9N3O.C4H8O/c1-5-3-10-6(4-9-5)7(11)8-2;1-3-5-4-2/h3-4H,1-2H3,(H,8,11);3H,1,4H2,2H3. The molecule has 0 spiro atoms. The van der Waals surface area contributed by atoms with Gasteiger partial charge in [0.25, 0.3) is 5.91 Å². The molecule has 1 amide bonds. The zero-order valence-electron chi connectivity index (χ0n) is 9.86. The van der Waals surface area contributed by atoms with Gasteiger partial charge in [-0.05, 0) is 13.8 Å². The summed E-state index contributed by atoms with van der Waals surface area (Å²) in [5.41, 5.74) is 1.15. The zero-order valence-corrected chi connectivity index (χ0v) is 9.86. The minimum Gasteiger partial charge on any atom is -0.502 e. The van der Waals surface area contributed by atoms with Crippen molar-refractivity contribution in [3.05, 3.63) is 36.6 Å². The van der Waals surface area contributed by atoms with E-state index in [0.717, 1.165) is 12.3 Å². The third-order valence-corrected chi connectivity index (χ3v) is 1.53. The van der Waals surface area contributed by atoms with Crippen LogP contribution in [0, 0.1) is 6.92 Å². The average molecular weight is 223 g/mol. The number of nitrogens with one attached hydrogen (secondary N) is 1. The Balaban J connectivity index is 0.000000385. The first kappa shape index (κ1) is 14.1. The van der Waals surface area contributed by atoms with Gasteiger partial charge in [-0.3, -0.25) is 9.78 Å². The fourth-order valence-corrected chi connectivity index (χ4v) is 0.756. The summed E-state index contributed by atoms with van der Waals surface area (Å²) in [6, 6.07) is 0. The highest BCUT2D eigenvalue weighted by molar-refractivity contribution is 5.91. The Hall–Kier alpha value is -1.91. The Bertz CT molecular complexity index is 323. The maximum atomic E-state index is 10.9. The molecule has 0 aliphatic rings. The summed E-state index contributed by atoms with van der Waals surface area (Å²) >= 11 is 0. The van der Waals surface area contributed by atoms with Gasteiger partial charge in [0.15, 0.2) is 0 Å². The van der Waals surface area contributed by atoms with E-state index in [0.29, 0.717) is 5.69 Å². The number of aryl methyl sites for hydroxylation is 1. The molecule has 1 rings (SSSR count). The smallest absolute Gasteiger partial charge is 0.271 e. The predicted octanol–water partition coefficient (Wildman–Crippen LogP) is 1.31.